The molecular formula is C22H24BrNO4. The first kappa shape index (κ1) is 20.4. The second-order valence-corrected chi connectivity index (χ2v) is 8.46. The summed E-state index contributed by atoms with van der Waals surface area (Å²) in [5, 5.41) is 0. The minimum absolute atomic E-state index is 0.0175. The van der Waals surface area contributed by atoms with Crippen molar-refractivity contribution >= 4 is 33.5 Å². The Morgan fingerprint density at radius 1 is 1.18 bits per heavy atom. The molecule has 0 N–H and O–H groups in total. The third-order valence-corrected chi connectivity index (χ3v) is 5.71. The van der Waals surface area contributed by atoms with Gasteiger partial charge in [-0.05, 0) is 61.2 Å². The van der Waals surface area contributed by atoms with Crippen molar-refractivity contribution in [3.8, 4) is 5.75 Å². The lowest BCUT2D eigenvalue weighted by Gasteiger charge is -2.21. The number of nitrogens with zero attached hydrogens (tertiary/aromatic N) is 1. The number of benzene rings is 2. The molecule has 2 aromatic rings. The number of hydrogen-bond acceptors (Lipinski definition) is 4. The predicted molar refractivity (Wildman–Crippen MR) is 112 cm³/mol. The molecule has 0 saturated carbocycles. The zero-order valence-corrected chi connectivity index (χ0v) is 18.1. The molecule has 0 radical (unpaired) electrons. The van der Waals surface area contributed by atoms with Crippen molar-refractivity contribution < 1.29 is 19.1 Å². The van der Waals surface area contributed by atoms with Gasteiger partial charge in [-0.15, -0.1) is 0 Å². The zero-order chi connectivity index (χ0) is 20.5. The number of esters is 1. The highest BCUT2D eigenvalue weighted by Crippen LogP contribution is 2.42. The van der Waals surface area contributed by atoms with Crippen LogP contribution in [0.1, 0.15) is 44.2 Å². The summed E-state index contributed by atoms with van der Waals surface area (Å²) in [5.74, 6) is 0.523. The van der Waals surface area contributed by atoms with E-state index in [-0.39, 0.29) is 24.5 Å². The smallest absolute Gasteiger partial charge is 0.306 e. The van der Waals surface area contributed by atoms with Crippen molar-refractivity contribution in [2.45, 2.75) is 38.5 Å². The highest BCUT2D eigenvalue weighted by Gasteiger charge is 2.44. The Labute approximate surface area is 173 Å². The van der Waals surface area contributed by atoms with Crippen LogP contribution in [0.3, 0.4) is 0 Å². The standard InChI is InChI=1S/C22H24BrNO4/c1-14(11-20(25)27-4)15-5-8-17(9-6-15)28-13-24-19-10-7-16(23)12-18(19)22(2,3)21(24)26/h5-10,12,14H,11,13H2,1-4H3. The van der Waals surface area contributed by atoms with E-state index < -0.39 is 5.41 Å². The van der Waals surface area contributed by atoms with Crippen LogP contribution >= 0.6 is 15.9 Å². The Morgan fingerprint density at radius 3 is 2.50 bits per heavy atom. The molecule has 0 aliphatic carbocycles. The summed E-state index contributed by atoms with van der Waals surface area (Å²) in [6.07, 6.45) is 0.334. The molecule has 0 saturated heterocycles. The van der Waals surface area contributed by atoms with Crippen LogP contribution < -0.4 is 9.64 Å². The molecule has 3 rings (SSSR count). The average Bonchev–Trinajstić information content (AvgIpc) is 2.86. The van der Waals surface area contributed by atoms with Crippen molar-refractivity contribution in [2.24, 2.45) is 0 Å². The van der Waals surface area contributed by atoms with Crippen molar-refractivity contribution in [2.75, 3.05) is 18.7 Å². The summed E-state index contributed by atoms with van der Waals surface area (Å²) in [4.78, 5) is 26.0. The fourth-order valence-electron chi connectivity index (χ4n) is 3.42. The monoisotopic (exact) mass is 445 g/mol. The molecule has 148 valence electrons. The van der Waals surface area contributed by atoms with Gasteiger partial charge in [-0.2, -0.15) is 0 Å². The first-order chi connectivity index (χ1) is 13.2. The quantitative estimate of drug-likeness (QED) is 0.600. The lowest BCUT2D eigenvalue weighted by atomic mass is 9.86. The maximum absolute atomic E-state index is 12.9. The van der Waals surface area contributed by atoms with E-state index in [1.807, 2.05) is 63.2 Å². The van der Waals surface area contributed by atoms with E-state index in [0.717, 1.165) is 21.3 Å². The molecule has 2 aromatic carbocycles. The van der Waals surface area contributed by atoms with Crippen molar-refractivity contribution in [3.05, 3.63) is 58.1 Å². The second-order valence-electron chi connectivity index (χ2n) is 7.54. The van der Waals surface area contributed by atoms with Gasteiger partial charge in [0.25, 0.3) is 0 Å². The molecule has 1 heterocycles. The Balaban J connectivity index is 1.69. The highest BCUT2D eigenvalue weighted by molar-refractivity contribution is 9.10. The molecule has 1 aliphatic rings. The first-order valence-electron chi connectivity index (χ1n) is 9.15. The highest BCUT2D eigenvalue weighted by atomic mass is 79.9. The van der Waals surface area contributed by atoms with Crippen LogP contribution in [0, 0.1) is 0 Å². The van der Waals surface area contributed by atoms with Gasteiger partial charge in [0, 0.05) is 4.47 Å². The number of fused-ring (bicyclic) bond motifs is 1. The molecule has 0 aromatic heterocycles. The minimum Gasteiger partial charge on any atom is -0.473 e. The molecule has 1 amide bonds. The first-order valence-corrected chi connectivity index (χ1v) is 9.95. The molecule has 0 spiro atoms. The maximum Gasteiger partial charge on any atom is 0.306 e. The summed E-state index contributed by atoms with van der Waals surface area (Å²) >= 11 is 3.48. The number of methoxy groups -OCH3 is 1. The predicted octanol–water partition coefficient (Wildman–Crippen LogP) is 4.78. The maximum atomic E-state index is 12.9. The van der Waals surface area contributed by atoms with Gasteiger partial charge in [0.05, 0.1) is 24.6 Å². The summed E-state index contributed by atoms with van der Waals surface area (Å²) in [7, 11) is 1.39. The Kier molecular flexibility index (Phi) is 5.79. The van der Waals surface area contributed by atoms with Crippen LogP contribution in [0.2, 0.25) is 0 Å². The van der Waals surface area contributed by atoms with E-state index in [1.165, 1.54) is 7.11 Å². The normalized spacial score (nSPS) is 15.9. The zero-order valence-electron chi connectivity index (χ0n) is 16.5. The van der Waals surface area contributed by atoms with Gasteiger partial charge < -0.3 is 9.47 Å². The minimum atomic E-state index is -0.588. The van der Waals surface area contributed by atoms with Gasteiger partial charge in [0.15, 0.2) is 6.73 Å². The number of ether oxygens (including phenoxy) is 2. The third kappa shape index (κ3) is 3.92. The molecular weight excluding hydrogens is 422 g/mol. The van der Waals surface area contributed by atoms with E-state index in [9.17, 15) is 9.59 Å². The number of halogens is 1. The van der Waals surface area contributed by atoms with E-state index in [0.29, 0.717) is 12.2 Å². The van der Waals surface area contributed by atoms with Gasteiger partial charge in [-0.1, -0.05) is 35.0 Å². The summed E-state index contributed by atoms with van der Waals surface area (Å²) < 4.78 is 11.6. The fourth-order valence-corrected chi connectivity index (χ4v) is 3.78. The molecule has 1 unspecified atom stereocenters. The summed E-state index contributed by atoms with van der Waals surface area (Å²) in [5.41, 5.74) is 2.31. The Morgan fingerprint density at radius 2 is 1.86 bits per heavy atom. The molecule has 1 aliphatic heterocycles. The SMILES string of the molecule is COC(=O)CC(C)c1ccc(OCN2C(=O)C(C)(C)c3cc(Br)ccc32)cc1. The van der Waals surface area contributed by atoms with Crippen molar-refractivity contribution in [1.29, 1.82) is 0 Å². The van der Waals surface area contributed by atoms with Gasteiger partial charge >= 0.3 is 5.97 Å². The molecule has 0 fully saturated rings. The number of anilines is 1. The lowest BCUT2D eigenvalue weighted by Crippen LogP contribution is -2.38. The van der Waals surface area contributed by atoms with Crippen LogP contribution in [0.25, 0.3) is 0 Å². The van der Waals surface area contributed by atoms with Crippen LogP contribution in [0.5, 0.6) is 5.75 Å². The van der Waals surface area contributed by atoms with Crippen molar-refractivity contribution in [3.63, 3.8) is 0 Å². The number of hydrogen-bond donors (Lipinski definition) is 0. The largest absolute Gasteiger partial charge is 0.473 e. The van der Waals surface area contributed by atoms with Crippen LogP contribution in [0.15, 0.2) is 46.9 Å². The van der Waals surface area contributed by atoms with Crippen LogP contribution in [0.4, 0.5) is 5.69 Å². The van der Waals surface area contributed by atoms with E-state index in [1.54, 1.807) is 4.90 Å². The van der Waals surface area contributed by atoms with Gasteiger partial charge in [-0.3, -0.25) is 14.5 Å². The topological polar surface area (TPSA) is 55.8 Å². The van der Waals surface area contributed by atoms with Crippen LogP contribution in [-0.2, 0) is 19.7 Å². The lowest BCUT2D eigenvalue weighted by molar-refractivity contribution is -0.141. The molecule has 6 heteroatoms. The van der Waals surface area contributed by atoms with E-state index >= 15 is 0 Å². The summed E-state index contributed by atoms with van der Waals surface area (Å²) in [6, 6.07) is 13.4. The number of rotatable bonds is 6. The second kappa shape index (κ2) is 7.95. The average molecular weight is 446 g/mol. The Hall–Kier alpha value is -2.34. The third-order valence-electron chi connectivity index (χ3n) is 5.21. The van der Waals surface area contributed by atoms with Crippen molar-refractivity contribution in [1.82, 2.24) is 0 Å². The number of amides is 1. The fraction of sp³-hybridized carbons (Fsp3) is 0.364. The summed E-state index contributed by atoms with van der Waals surface area (Å²) in [6.45, 7) is 5.98. The number of carbonyl (C=O) groups excluding carboxylic acids is 2. The molecule has 0 bridgehead atoms. The molecule has 5 nitrogen and oxygen atoms in total. The number of carbonyl (C=O) groups is 2. The van der Waals surface area contributed by atoms with Gasteiger partial charge in [-0.25, -0.2) is 0 Å². The Bertz CT molecular complexity index is 892. The van der Waals surface area contributed by atoms with E-state index in [2.05, 4.69) is 15.9 Å². The van der Waals surface area contributed by atoms with Gasteiger partial charge in [0.1, 0.15) is 5.75 Å². The molecule has 1 atom stereocenters. The van der Waals surface area contributed by atoms with E-state index in [4.69, 9.17) is 9.47 Å². The van der Waals surface area contributed by atoms with Gasteiger partial charge in [0.2, 0.25) is 5.91 Å². The van der Waals surface area contributed by atoms with Crippen LogP contribution in [-0.4, -0.2) is 25.7 Å². The molecule has 28 heavy (non-hydrogen) atoms.